The zero-order valence-electron chi connectivity index (χ0n) is 15.5. The molecule has 0 radical (unpaired) electrons. The highest BCUT2D eigenvalue weighted by Gasteiger charge is 2.16. The third kappa shape index (κ3) is 3.20. The number of para-hydroxylation sites is 1. The number of fused-ring (bicyclic) bond motifs is 1. The number of rotatable bonds is 5. The van der Waals surface area contributed by atoms with Gasteiger partial charge in [0.1, 0.15) is 6.54 Å². The average Bonchev–Trinajstić information content (AvgIpc) is 3.00. The largest absolute Gasteiger partial charge is 0.330 e. The molecule has 1 N–H and O–H groups in total. The van der Waals surface area contributed by atoms with Crippen LogP contribution in [-0.4, -0.2) is 20.0 Å². The van der Waals surface area contributed by atoms with E-state index in [4.69, 9.17) is 0 Å². The van der Waals surface area contributed by atoms with Gasteiger partial charge >= 0.3 is 5.69 Å². The number of aromatic nitrogens is 3. The molecule has 0 fully saturated rings. The topological polar surface area (TPSA) is 68.9 Å². The number of amides is 1. The van der Waals surface area contributed by atoms with Crippen LogP contribution in [0.5, 0.6) is 0 Å². The molecule has 28 heavy (non-hydrogen) atoms. The summed E-state index contributed by atoms with van der Waals surface area (Å²) in [4.78, 5) is 29.7. The van der Waals surface area contributed by atoms with E-state index in [1.54, 1.807) is 22.9 Å². The van der Waals surface area contributed by atoms with Gasteiger partial charge in [-0.2, -0.15) is 0 Å². The molecule has 2 aromatic heterocycles. The van der Waals surface area contributed by atoms with E-state index in [1.165, 1.54) is 4.57 Å². The summed E-state index contributed by atoms with van der Waals surface area (Å²) in [6, 6.07) is 21.1. The zero-order valence-corrected chi connectivity index (χ0v) is 15.5. The minimum absolute atomic E-state index is 0.0723. The third-order valence-electron chi connectivity index (χ3n) is 4.68. The predicted molar refractivity (Wildman–Crippen MR) is 110 cm³/mol. The smallest absolute Gasteiger partial charge is 0.324 e. The van der Waals surface area contributed by atoms with Gasteiger partial charge in [0.05, 0.1) is 5.52 Å². The number of aryl methyl sites for hydroxylation is 1. The number of hydrogen-bond acceptors (Lipinski definition) is 3. The first-order valence-electron chi connectivity index (χ1n) is 9.17. The fourth-order valence-electron chi connectivity index (χ4n) is 3.38. The number of nitrogens with zero attached hydrogens (tertiary/aromatic N) is 3. The lowest BCUT2D eigenvalue weighted by Crippen LogP contribution is -2.29. The lowest BCUT2D eigenvalue weighted by Gasteiger charge is -2.11. The van der Waals surface area contributed by atoms with Crippen LogP contribution in [0.25, 0.3) is 22.3 Å². The second kappa shape index (κ2) is 7.52. The molecule has 2 aromatic carbocycles. The maximum absolute atomic E-state index is 12.8. The molecule has 0 atom stereocenters. The van der Waals surface area contributed by atoms with Crippen molar-refractivity contribution >= 4 is 22.8 Å². The number of carbonyl (C=O) groups is 1. The Labute approximate surface area is 162 Å². The molecule has 6 nitrogen and oxygen atoms in total. The Balaban J connectivity index is 1.65. The Bertz CT molecular complexity index is 1190. The van der Waals surface area contributed by atoms with Crippen LogP contribution in [0.3, 0.4) is 0 Å². The molecule has 0 saturated heterocycles. The van der Waals surface area contributed by atoms with Gasteiger partial charge in [0.25, 0.3) is 0 Å². The number of pyridine rings is 1. The number of nitrogens with one attached hydrogen (secondary N) is 1. The van der Waals surface area contributed by atoms with E-state index in [9.17, 15) is 9.59 Å². The van der Waals surface area contributed by atoms with E-state index >= 15 is 0 Å². The van der Waals surface area contributed by atoms with Crippen molar-refractivity contribution in [2.24, 2.45) is 0 Å². The SMILES string of the molecule is CCn1c(=O)n(CC(=O)Nc2ccccc2-c2ccccc2)c2cccnc21. The summed E-state index contributed by atoms with van der Waals surface area (Å²) in [6.07, 6.45) is 1.65. The molecule has 140 valence electrons. The normalized spacial score (nSPS) is 10.9. The second-order valence-corrected chi connectivity index (χ2v) is 6.42. The first-order chi connectivity index (χ1) is 13.7. The van der Waals surface area contributed by atoms with Crippen LogP contribution < -0.4 is 11.0 Å². The first kappa shape index (κ1) is 17.7. The van der Waals surface area contributed by atoms with E-state index in [0.717, 1.165) is 11.1 Å². The summed E-state index contributed by atoms with van der Waals surface area (Å²) in [5.74, 6) is -0.260. The van der Waals surface area contributed by atoms with E-state index in [2.05, 4.69) is 10.3 Å². The fraction of sp³-hybridized carbons (Fsp3) is 0.136. The first-order valence-corrected chi connectivity index (χ1v) is 9.17. The lowest BCUT2D eigenvalue weighted by molar-refractivity contribution is -0.116. The maximum atomic E-state index is 12.8. The molecule has 0 aliphatic heterocycles. The zero-order chi connectivity index (χ0) is 19.5. The Hall–Kier alpha value is -3.67. The molecule has 0 saturated carbocycles. The van der Waals surface area contributed by atoms with Crippen molar-refractivity contribution in [1.82, 2.24) is 14.1 Å². The minimum Gasteiger partial charge on any atom is -0.324 e. The van der Waals surface area contributed by atoms with Crippen LogP contribution in [0, 0.1) is 0 Å². The molecule has 0 aliphatic carbocycles. The number of anilines is 1. The highest BCUT2D eigenvalue weighted by atomic mass is 16.2. The molecule has 0 bridgehead atoms. The number of imidazole rings is 1. The molecule has 4 aromatic rings. The molecular formula is C22H20N4O2. The van der Waals surface area contributed by atoms with E-state index in [-0.39, 0.29) is 18.1 Å². The lowest BCUT2D eigenvalue weighted by atomic mass is 10.0. The predicted octanol–water partition coefficient (Wildman–Crippen LogP) is 3.52. The van der Waals surface area contributed by atoms with Crippen LogP contribution in [0.15, 0.2) is 77.7 Å². The standard InChI is InChI=1S/C22H20N4O2/c1-2-25-21-19(13-8-14-23-21)26(22(25)28)15-20(27)24-18-12-7-6-11-17(18)16-9-4-3-5-10-16/h3-14H,2,15H2,1H3,(H,24,27). The number of carbonyl (C=O) groups excluding carboxylic acids is 1. The summed E-state index contributed by atoms with van der Waals surface area (Å²) in [6.45, 7) is 2.31. The molecule has 4 rings (SSSR count). The molecule has 6 heteroatoms. The van der Waals surface area contributed by atoms with Gasteiger partial charge in [0.15, 0.2) is 5.65 Å². The summed E-state index contributed by atoms with van der Waals surface area (Å²) >= 11 is 0. The third-order valence-corrected chi connectivity index (χ3v) is 4.68. The van der Waals surface area contributed by atoms with Gasteiger partial charge < -0.3 is 5.32 Å². The second-order valence-electron chi connectivity index (χ2n) is 6.42. The summed E-state index contributed by atoms with van der Waals surface area (Å²) in [5, 5.41) is 2.95. The van der Waals surface area contributed by atoms with E-state index < -0.39 is 0 Å². The Morgan fingerprint density at radius 1 is 0.964 bits per heavy atom. The molecule has 0 unspecified atom stereocenters. The number of benzene rings is 2. The van der Waals surface area contributed by atoms with Crippen molar-refractivity contribution in [3.05, 3.63) is 83.4 Å². The highest BCUT2D eigenvalue weighted by Crippen LogP contribution is 2.27. The van der Waals surface area contributed by atoms with Gasteiger partial charge in [-0.3, -0.25) is 13.9 Å². The van der Waals surface area contributed by atoms with Crippen molar-refractivity contribution in [3.8, 4) is 11.1 Å². The van der Waals surface area contributed by atoms with Crippen molar-refractivity contribution in [2.45, 2.75) is 20.0 Å². The molecule has 1 amide bonds. The van der Waals surface area contributed by atoms with Crippen LogP contribution >= 0.6 is 0 Å². The van der Waals surface area contributed by atoms with E-state index in [1.807, 2.05) is 61.5 Å². The van der Waals surface area contributed by atoms with Crippen LogP contribution in [-0.2, 0) is 17.9 Å². The average molecular weight is 372 g/mol. The maximum Gasteiger partial charge on any atom is 0.330 e. The molecule has 2 heterocycles. The van der Waals surface area contributed by atoms with Gasteiger partial charge in [-0.1, -0.05) is 48.5 Å². The van der Waals surface area contributed by atoms with Gasteiger partial charge in [0, 0.05) is 24.0 Å². The van der Waals surface area contributed by atoms with Crippen molar-refractivity contribution in [1.29, 1.82) is 0 Å². The summed E-state index contributed by atoms with van der Waals surface area (Å²) in [5.41, 5.74) is 3.67. The van der Waals surface area contributed by atoms with Crippen molar-refractivity contribution in [2.75, 3.05) is 5.32 Å². The van der Waals surface area contributed by atoms with Gasteiger partial charge in [-0.05, 0) is 30.7 Å². The summed E-state index contributed by atoms with van der Waals surface area (Å²) in [7, 11) is 0. The van der Waals surface area contributed by atoms with E-state index in [0.29, 0.717) is 23.4 Å². The van der Waals surface area contributed by atoms with Crippen molar-refractivity contribution in [3.63, 3.8) is 0 Å². The molecular weight excluding hydrogens is 352 g/mol. The van der Waals surface area contributed by atoms with Crippen molar-refractivity contribution < 1.29 is 4.79 Å². The summed E-state index contributed by atoms with van der Waals surface area (Å²) < 4.78 is 3.03. The molecule has 0 aliphatic rings. The Morgan fingerprint density at radius 2 is 1.71 bits per heavy atom. The monoisotopic (exact) mass is 372 g/mol. The number of hydrogen-bond donors (Lipinski definition) is 1. The Kier molecular flexibility index (Phi) is 4.76. The van der Waals surface area contributed by atoms with Gasteiger partial charge in [-0.15, -0.1) is 0 Å². The van der Waals surface area contributed by atoms with Crippen LogP contribution in [0.1, 0.15) is 6.92 Å². The minimum atomic E-state index is -0.260. The highest BCUT2D eigenvalue weighted by molar-refractivity contribution is 5.95. The van der Waals surface area contributed by atoms with Gasteiger partial charge in [0.2, 0.25) is 5.91 Å². The Morgan fingerprint density at radius 3 is 2.50 bits per heavy atom. The van der Waals surface area contributed by atoms with Crippen LogP contribution in [0.2, 0.25) is 0 Å². The van der Waals surface area contributed by atoms with Gasteiger partial charge in [-0.25, -0.2) is 9.78 Å². The quantitative estimate of drug-likeness (QED) is 0.583. The van der Waals surface area contributed by atoms with Crippen LogP contribution in [0.4, 0.5) is 5.69 Å². The molecule has 0 spiro atoms. The fourth-order valence-corrected chi connectivity index (χ4v) is 3.38.